The Balaban J connectivity index is 1.87. The highest BCUT2D eigenvalue weighted by molar-refractivity contribution is 9.10. The monoisotopic (exact) mass is 444 g/mol. The van der Waals surface area contributed by atoms with E-state index in [0.717, 1.165) is 31.7 Å². The molecule has 1 aromatic heterocycles. The van der Waals surface area contributed by atoms with Gasteiger partial charge in [0, 0.05) is 14.5 Å². The van der Waals surface area contributed by atoms with Crippen LogP contribution in [0.3, 0.4) is 0 Å². The Labute approximate surface area is 156 Å². The second-order valence-electron chi connectivity index (χ2n) is 5.87. The minimum atomic E-state index is -0.369. The lowest BCUT2D eigenvalue weighted by atomic mass is 9.89. The number of rotatable bonds is 2. The maximum absolute atomic E-state index is 4.37. The molecule has 2 aromatic carbocycles. The van der Waals surface area contributed by atoms with Crippen molar-refractivity contribution in [2.45, 2.75) is 12.5 Å². The van der Waals surface area contributed by atoms with Crippen LogP contribution in [0.5, 0.6) is 0 Å². The molecule has 0 unspecified atom stereocenters. The van der Waals surface area contributed by atoms with E-state index in [1.165, 1.54) is 0 Å². The van der Waals surface area contributed by atoms with Crippen molar-refractivity contribution in [1.29, 1.82) is 0 Å². The molecule has 0 spiro atoms. The third kappa shape index (κ3) is 2.70. The number of anilines is 1. The molecule has 24 heavy (non-hydrogen) atoms. The van der Waals surface area contributed by atoms with Crippen LogP contribution in [-0.2, 0) is 5.54 Å². The van der Waals surface area contributed by atoms with Crippen molar-refractivity contribution in [3.8, 4) is 0 Å². The van der Waals surface area contributed by atoms with Gasteiger partial charge in [0.05, 0.1) is 11.2 Å². The normalized spacial score (nSPS) is 19.4. The fourth-order valence-corrected chi connectivity index (χ4v) is 3.41. The molecular formula is C18H14Br2N4. The van der Waals surface area contributed by atoms with Gasteiger partial charge in [0.25, 0.3) is 0 Å². The predicted octanol–water partition coefficient (Wildman–Crippen LogP) is 5.03. The summed E-state index contributed by atoms with van der Waals surface area (Å²) in [6.07, 6.45) is 3.77. The van der Waals surface area contributed by atoms with Gasteiger partial charge in [-0.1, -0.05) is 56.1 Å². The molecule has 120 valence electrons. The number of fused-ring (bicyclic) bond motifs is 1. The van der Waals surface area contributed by atoms with Crippen LogP contribution >= 0.6 is 31.9 Å². The van der Waals surface area contributed by atoms with Crippen LogP contribution in [0.4, 0.5) is 5.95 Å². The molecular weight excluding hydrogens is 432 g/mol. The fraction of sp³-hybridized carbons (Fsp3) is 0.111. The minimum absolute atomic E-state index is 0.369. The number of nitrogens with zero attached hydrogens (tertiary/aromatic N) is 3. The highest BCUT2D eigenvalue weighted by Crippen LogP contribution is 2.36. The standard InChI is InChI=1S/C18H14Br2N4/c1-18(13-4-8-15(20)9-5-13)10-16(12-2-6-14(19)7-3-12)24-17(23-18)21-11-22-24/h2-11H,1H3,(H,21,22,23)/t18-/m0/s1. The summed E-state index contributed by atoms with van der Waals surface area (Å²) in [7, 11) is 0. The number of aromatic nitrogens is 3. The maximum Gasteiger partial charge on any atom is 0.226 e. The quantitative estimate of drug-likeness (QED) is 0.601. The third-order valence-corrected chi connectivity index (χ3v) is 5.21. The van der Waals surface area contributed by atoms with Crippen molar-refractivity contribution < 1.29 is 0 Å². The number of halogens is 2. The van der Waals surface area contributed by atoms with Gasteiger partial charge in [-0.15, -0.1) is 0 Å². The van der Waals surface area contributed by atoms with E-state index in [2.05, 4.69) is 96.7 Å². The highest BCUT2D eigenvalue weighted by Gasteiger charge is 2.32. The lowest BCUT2D eigenvalue weighted by Gasteiger charge is -2.33. The summed E-state index contributed by atoms with van der Waals surface area (Å²) in [6.45, 7) is 2.15. The minimum Gasteiger partial charge on any atom is -0.341 e. The zero-order valence-electron chi connectivity index (χ0n) is 12.9. The van der Waals surface area contributed by atoms with Gasteiger partial charge in [0.1, 0.15) is 6.33 Å². The Morgan fingerprint density at radius 2 is 1.58 bits per heavy atom. The van der Waals surface area contributed by atoms with Crippen molar-refractivity contribution in [2.24, 2.45) is 0 Å². The van der Waals surface area contributed by atoms with E-state index in [4.69, 9.17) is 0 Å². The van der Waals surface area contributed by atoms with Crippen LogP contribution < -0.4 is 5.32 Å². The summed E-state index contributed by atoms with van der Waals surface area (Å²) in [4.78, 5) is 4.37. The fourth-order valence-electron chi connectivity index (χ4n) is 2.88. The maximum atomic E-state index is 4.37. The van der Waals surface area contributed by atoms with E-state index < -0.39 is 0 Å². The van der Waals surface area contributed by atoms with E-state index >= 15 is 0 Å². The number of hydrogen-bond donors (Lipinski definition) is 1. The Morgan fingerprint density at radius 3 is 2.25 bits per heavy atom. The first-order chi connectivity index (χ1) is 11.5. The average Bonchev–Trinajstić information content (AvgIpc) is 3.03. The van der Waals surface area contributed by atoms with Gasteiger partial charge >= 0.3 is 0 Å². The third-order valence-electron chi connectivity index (χ3n) is 4.16. The molecule has 0 fully saturated rings. The molecule has 1 atom stereocenters. The highest BCUT2D eigenvalue weighted by atomic mass is 79.9. The number of nitrogens with one attached hydrogen (secondary N) is 1. The van der Waals surface area contributed by atoms with E-state index in [9.17, 15) is 0 Å². The van der Waals surface area contributed by atoms with E-state index in [0.29, 0.717) is 0 Å². The first-order valence-electron chi connectivity index (χ1n) is 7.49. The van der Waals surface area contributed by atoms with E-state index in [-0.39, 0.29) is 5.54 Å². The Morgan fingerprint density at radius 1 is 0.958 bits per heavy atom. The van der Waals surface area contributed by atoms with Crippen LogP contribution in [0.2, 0.25) is 0 Å². The van der Waals surface area contributed by atoms with Crippen molar-refractivity contribution >= 4 is 43.5 Å². The molecule has 1 aliphatic rings. The number of hydrogen-bond acceptors (Lipinski definition) is 3. The second kappa shape index (κ2) is 5.86. The van der Waals surface area contributed by atoms with Crippen LogP contribution in [0.1, 0.15) is 18.1 Å². The lowest BCUT2D eigenvalue weighted by molar-refractivity contribution is 0.650. The first-order valence-corrected chi connectivity index (χ1v) is 9.07. The molecule has 0 saturated heterocycles. The Hall–Kier alpha value is -1.92. The molecule has 4 nitrogen and oxygen atoms in total. The van der Waals surface area contributed by atoms with Gasteiger partial charge in [-0.3, -0.25) is 0 Å². The van der Waals surface area contributed by atoms with Gasteiger partial charge in [-0.2, -0.15) is 14.8 Å². The predicted molar refractivity (Wildman–Crippen MR) is 103 cm³/mol. The van der Waals surface area contributed by atoms with Crippen LogP contribution in [-0.4, -0.2) is 14.8 Å². The Bertz CT molecular complexity index is 913. The van der Waals surface area contributed by atoms with Gasteiger partial charge < -0.3 is 5.32 Å². The van der Waals surface area contributed by atoms with E-state index in [1.807, 2.05) is 16.8 Å². The van der Waals surface area contributed by atoms with Gasteiger partial charge in [-0.25, -0.2) is 0 Å². The molecule has 4 rings (SSSR count). The second-order valence-corrected chi connectivity index (χ2v) is 7.70. The van der Waals surface area contributed by atoms with E-state index in [1.54, 1.807) is 6.33 Å². The van der Waals surface area contributed by atoms with Gasteiger partial charge in [0.15, 0.2) is 0 Å². The topological polar surface area (TPSA) is 42.7 Å². The smallest absolute Gasteiger partial charge is 0.226 e. The van der Waals surface area contributed by atoms with Crippen LogP contribution in [0, 0.1) is 0 Å². The lowest BCUT2D eigenvalue weighted by Crippen LogP contribution is -2.35. The van der Waals surface area contributed by atoms with Gasteiger partial charge in [0.2, 0.25) is 5.95 Å². The largest absolute Gasteiger partial charge is 0.341 e. The molecule has 1 aliphatic heterocycles. The summed E-state index contributed by atoms with van der Waals surface area (Å²) in [5, 5.41) is 7.85. The van der Waals surface area contributed by atoms with Crippen LogP contribution in [0.25, 0.3) is 5.70 Å². The molecule has 2 heterocycles. The first kappa shape index (κ1) is 15.6. The molecule has 0 bridgehead atoms. The van der Waals surface area contributed by atoms with Crippen LogP contribution in [0.15, 0.2) is 69.9 Å². The summed E-state index contributed by atoms with van der Waals surface area (Å²) in [5.41, 5.74) is 2.90. The van der Waals surface area contributed by atoms with Crippen molar-refractivity contribution in [3.63, 3.8) is 0 Å². The molecule has 0 amide bonds. The Kier molecular flexibility index (Phi) is 3.81. The molecule has 6 heteroatoms. The summed E-state index contributed by atoms with van der Waals surface area (Å²) in [5.74, 6) is 0.737. The van der Waals surface area contributed by atoms with Crippen molar-refractivity contribution in [3.05, 3.63) is 81.0 Å². The number of benzene rings is 2. The summed E-state index contributed by atoms with van der Waals surface area (Å²) in [6, 6.07) is 16.5. The molecule has 0 aliphatic carbocycles. The average molecular weight is 446 g/mol. The molecule has 3 aromatic rings. The van der Waals surface area contributed by atoms with Crippen molar-refractivity contribution in [1.82, 2.24) is 14.8 Å². The van der Waals surface area contributed by atoms with Gasteiger partial charge in [-0.05, 0) is 42.8 Å². The summed E-state index contributed by atoms with van der Waals surface area (Å²) >= 11 is 6.98. The van der Waals surface area contributed by atoms with Crippen molar-refractivity contribution in [2.75, 3.05) is 5.32 Å². The zero-order chi connectivity index (χ0) is 16.7. The molecule has 0 saturated carbocycles. The zero-order valence-corrected chi connectivity index (χ0v) is 16.0. The SMILES string of the molecule is C[C@@]1(c2ccc(Br)cc2)C=C(c2ccc(Br)cc2)n2ncnc2N1. The molecule has 0 radical (unpaired) electrons. The summed E-state index contributed by atoms with van der Waals surface area (Å²) < 4.78 is 3.95. The molecule has 1 N–H and O–H groups in total.